The highest BCUT2D eigenvalue weighted by Gasteiger charge is 2.31. The van der Waals surface area contributed by atoms with Gasteiger partial charge in [-0.3, -0.25) is 4.79 Å². The van der Waals surface area contributed by atoms with Crippen molar-refractivity contribution >= 4 is 17.6 Å². The van der Waals surface area contributed by atoms with Gasteiger partial charge in [-0.25, -0.2) is 0 Å². The van der Waals surface area contributed by atoms with Gasteiger partial charge in [0.1, 0.15) is 5.38 Å². The highest BCUT2D eigenvalue weighted by atomic mass is 35.5. The number of piperidine rings is 1. The smallest absolute Gasteiger partial charge is 0.322 e. The maximum atomic E-state index is 10.7. The fraction of sp³-hybridized carbons (Fsp3) is 0.909. The highest BCUT2D eigenvalue weighted by molar-refractivity contribution is 6.29. The van der Waals surface area contributed by atoms with Crippen LogP contribution in [0.3, 0.4) is 0 Å². The summed E-state index contributed by atoms with van der Waals surface area (Å²) in [5.41, 5.74) is 0. The summed E-state index contributed by atoms with van der Waals surface area (Å²) in [6.07, 6.45) is 5.32. The van der Waals surface area contributed by atoms with Crippen molar-refractivity contribution in [3.05, 3.63) is 0 Å². The molecule has 86 valence electrons. The lowest BCUT2D eigenvalue weighted by molar-refractivity contribution is -0.137. The first-order valence-corrected chi connectivity index (χ1v) is 6.18. The molecule has 0 aromatic carbocycles. The van der Waals surface area contributed by atoms with E-state index in [9.17, 15) is 4.79 Å². The fourth-order valence-electron chi connectivity index (χ4n) is 2.99. The van der Waals surface area contributed by atoms with E-state index in [4.69, 9.17) is 16.7 Å². The number of rotatable bonds is 3. The minimum Gasteiger partial charge on any atom is -0.480 e. The summed E-state index contributed by atoms with van der Waals surface area (Å²) in [6, 6.07) is 0. The second-order valence-corrected chi connectivity index (χ2v) is 5.45. The molecule has 1 aliphatic heterocycles. The Morgan fingerprint density at radius 3 is 2.53 bits per heavy atom. The molecule has 4 heteroatoms. The third-order valence-electron chi connectivity index (χ3n) is 3.61. The number of aliphatic carboxylic acids is 1. The molecule has 1 aliphatic carbocycles. The summed E-state index contributed by atoms with van der Waals surface area (Å²) in [7, 11) is 0. The zero-order chi connectivity index (χ0) is 10.8. The van der Waals surface area contributed by atoms with Crippen molar-refractivity contribution in [3.63, 3.8) is 0 Å². The predicted molar refractivity (Wildman–Crippen MR) is 59.2 cm³/mol. The van der Waals surface area contributed by atoms with Gasteiger partial charge >= 0.3 is 5.97 Å². The van der Waals surface area contributed by atoms with Crippen LogP contribution in [0.1, 0.15) is 25.7 Å². The summed E-state index contributed by atoms with van der Waals surface area (Å²) in [5, 5.41) is 8.01. The molecular formula is C11H18ClNO2. The van der Waals surface area contributed by atoms with Gasteiger partial charge in [-0.05, 0) is 31.1 Å². The van der Waals surface area contributed by atoms with Crippen LogP contribution in [0.2, 0.25) is 0 Å². The third-order valence-corrected chi connectivity index (χ3v) is 3.94. The molecule has 1 saturated heterocycles. The lowest BCUT2D eigenvalue weighted by Gasteiger charge is -2.41. The van der Waals surface area contributed by atoms with Crippen LogP contribution >= 0.6 is 11.6 Å². The Balaban J connectivity index is 1.86. The molecule has 15 heavy (non-hydrogen) atoms. The second kappa shape index (κ2) is 4.71. The van der Waals surface area contributed by atoms with E-state index in [1.807, 2.05) is 0 Å². The molecule has 2 aliphatic rings. The molecule has 0 radical (unpaired) electrons. The topological polar surface area (TPSA) is 40.5 Å². The molecule has 3 nitrogen and oxygen atoms in total. The lowest BCUT2D eigenvalue weighted by atomic mass is 9.78. The lowest BCUT2D eigenvalue weighted by Crippen LogP contribution is -2.45. The van der Waals surface area contributed by atoms with Crippen LogP contribution in [-0.4, -0.2) is 41.0 Å². The van der Waals surface area contributed by atoms with E-state index >= 15 is 0 Å². The van der Waals surface area contributed by atoms with Crippen LogP contribution in [-0.2, 0) is 4.79 Å². The van der Waals surface area contributed by atoms with Gasteiger partial charge in [0.2, 0.25) is 0 Å². The van der Waals surface area contributed by atoms with Gasteiger partial charge in [0.15, 0.2) is 0 Å². The second-order valence-electron chi connectivity index (χ2n) is 4.92. The molecular weight excluding hydrogens is 214 g/mol. The van der Waals surface area contributed by atoms with Crippen molar-refractivity contribution in [1.82, 2.24) is 4.90 Å². The van der Waals surface area contributed by atoms with Crippen molar-refractivity contribution in [2.75, 3.05) is 19.6 Å². The number of likely N-dealkylation sites (tertiary alicyclic amines) is 1. The van der Waals surface area contributed by atoms with E-state index in [0.29, 0.717) is 6.54 Å². The normalized spacial score (nSPS) is 33.7. The van der Waals surface area contributed by atoms with Crippen molar-refractivity contribution in [1.29, 1.82) is 0 Å². The molecule has 1 saturated carbocycles. The summed E-state index contributed by atoms with van der Waals surface area (Å²) < 4.78 is 0. The number of carboxylic acid groups (broad SMARTS) is 1. The number of hydrogen-bond acceptors (Lipinski definition) is 2. The van der Waals surface area contributed by atoms with E-state index in [0.717, 1.165) is 24.9 Å². The first-order valence-electron chi connectivity index (χ1n) is 5.74. The van der Waals surface area contributed by atoms with Crippen LogP contribution in [0, 0.1) is 11.8 Å². The van der Waals surface area contributed by atoms with Crippen LogP contribution in [0.15, 0.2) is 0 Å². The van der Waals surface area contributed by atoms with Crippen molar-refractivity contribution in [2.24, 2.45) is 11.8 Å². The predicted octanol–water partition coefficient (Wildman–Crippen LogP) is 1.80. The SMILES string of the molecule is O=C(O)C(Cl)CN1CC2CCCC(C2)C1. The number of hydrogen-bond donors (Lipinski definition) is 1. The van der Waals surface area contributed by atoms with Gasteiger partial charge in [0.25, 0.3) is 0 Å². The summed E-state index contributed by atoms with van der Waals surface area (Å²) in [5.74, 6) is 0.678. The summed E-state index contributed by atoms with van der Waals surface area (Å²) in [6.45, 7) is 2.60. The maximum Gasteiger partial charge on any atom is 0.322 e. The first-order chi connectivity index (χ1) is 7.15. The van der Waals surface area contributed by atoms with E-state index in [-0.39, 0.29) is 0 Å². The minimum atomic E-state index is -0.896. The standard InChI is InChI=1S/C11H18ClNO2/c12-10(11(14)15)7-13-5-8-2-1-3-9(4-8)6-13/h8-10H,1-7H2,(H,14,15). The van der Waals surface area contributed by atoms with Crippen LogP contribution < -0.4 is 0 Å². The Hall–Kier alpha value is -0.280. The zero-order valence-electron chi connectivity index (χ0n) is 8.86. The van der Waals surface area contributed by atoms with Crippen LogP contribution in [0.5, 0.6) is 0 Å². The Morgan fingerprint density at radius 1 is 1.40 bits per heavy atom. The Morgan fingerprint density at radius 2 is 2.00 bits per heavy atom. The minimum absolute atomic E-state index is 0.504. The number of nitrogens with zero attached hydrogens (tertiary/aromatic N) is 1. The van der Waals surface area contributed by atoms with Crippen molar-refractivity contribution in [3.8, 4) is 0 Å². The average Bonchev–Trinajstić information content (AvgIpc) is 2.16. The molecule has 0 aromatic rings. The van der Waals surface area contributed by atoms with E-state index in [1.165, 1.54) is 25.7 Å². The van der Waals surface area contributed by atoms with Crippen LogP contribution in [0.4, 0.5) is 0 Å². The Kier molecular flexibility index (Phi) is 3.52. The highest BCUT2D eigenvalue weighted by Crippen LogP contribution is 2.34. The number of halogens is 1. The number of carbonyl (C=O) groups is 1. The van der Waals surface area contributed by atoms with E-state index < -0.39 is 11.3 Å². The Bertz CT molecular complexity index is 235. The monoisotopic (exact) mass is 231 g/mol. The van der Waals surface area contributed by atoms with Gasteiger partial charge in [0.05, 0.1) is 0 Å². The number of fused-ring (bicyclic) bond motifs is 2. The quantitative estimate of drug-likeness (QED) is 0.753. The van der Waals surface area contributed by atoms with Crippen LogP contribution in [0.25, 0.3) is 0 Å². The average molecular weight is 232 g/mol. The molecule has 2 rings (SSSR count). The zero-order valence-corrected chi connectivity index (χ0v) is 9.62. The van der Waals surface area contributed by atoms with Crippen molar-refractivity contribution in [2.45, 2.75) is 31.1 Å². The molecule has 0 spiro atoms. The van der Waals surface area contributed by atoms with Gasteiger partial charge in [-0.2, -0.15) is 0 Å². The molecule has 0 amide bonds. The maximum absolute atomic E-state index is 10.7. The van der Waals surface area contributed by atoms with E-state index in [2.05, 4.69) is 4.90 Å². The summed E-state index contributed by atoms with van der Waals surface area (Å²) in [4.78, 5) is 12.9. The van der Waals surface area contributed by atoms with Gasteiger partial charge in [0, 0.05) is 19.6 Å². The molecule has 2 bridgehead atoms. The molecule has 2 fully saturated rings. The van der Waals surface area contributed by atoms with Crippen molar-refractivity contribution < 1.29 is 9.90 Å². The molecule has 3 atom stereocenters. The molecule has 1 heterocycles. The van der Waals surface area contributed by atoms with Gasteiger partial charge < -0.3 is 10.0 Å². The fourth-order valence-corrected chi connectivity index (χ4v) is 3.19. The molecule has 3 unspecified atom stereocenters. The largest absolute Gasteiger partial charge is 0.480 e. The number of carboxylic acids is 1. The third kappa shape index (κ3) is 2.85. The Labute approximate surface area is 95.4 Å². The van der Waals surface area contributed by atoms with E-state index in [1.54, 1.807) is 0 Å². The number of alkyl halides is 1. The first kappa shape index (κ1) is 11.2. The van der Waals surface area contributed by atoms with Gasteiger partial charge in [-0.1, -0.05) is 6.42 Å². The molecule has 1 N–H and O–H groups in total. The molecule has 0 aromatic heterocycles. The summed E-state index contributed by atoms with van der Waals surface area (Å²) >= 11 is 5.76. The van der Waals surface area contributed by atoms with Gasteiger partial charge in [-0.15, -0.1) is 11.6 Å².